The van der Waals surface area contributed by atoms with Crippen LogP contribution < -0.4 is 10.7 Å². The van der Waals surface area contributed by atoms with Crippen molar-refractivity contribution in [3.05, 3.63) is 95.3 Å². The number of hydrazone groups is 1. The average molecular weight is 367 g/mol. The number of nitrogens with one attached hydrogen (secondary N) is 2. The Bertz CT molecular complexity index is 823. The first-order valence-corrected chi connectivity index (χ1v) is 8.38. The summed E-state index contributed by atoms with van der Waals surface area (Å²) in [5.41, 5.74) is 6.12. The summed E-state index contributed by atoms with van der Waals surface area (Å²) in [6, 6.07) is 22.8. The molecule has 0 spiro atoms. The molecule has 1 aromatic heterocycles. The van der Waals surface area contributed by atoms with Crippen molar-refractivity contribution in [2.75, 3.05) is 5.32 Å². The van der Waals surface area contributed by atoms with Gasteiger partial charge in [-0.25, -0.2) is 0 Å². The van der Waals surface area contributed by atoms with E-state index >= 15 is 0 Å². The van der Waals surface area contributed by atoms with Gasteiger partial charge in [0.15, 0.2) is 5.11 Å². The van der Waals surface area contributed by atoms with Gasteiger partial charge in [-0.2, -0.15) is 5.10 Å². The molecule has 0 saturated heterocycles. The number of aromatic nitrogens is 1. The normalized spacial score (nSPS) is 11.0. The summed E-state index contributed by atoms with van der Waals surface area (Å²) in [6.07, 6.45) is 1.73. The predicted molar refractivity (Wildman–Crippen MR) is 107 cm³/mol. The topological polar surface area (TPSA) is 49.3 Å². The highest BCUT2D eigenvalue weighted by molar-refractivity contribution is 7.80. The van der Waals surface area contributed by atoms with Gasteiger partial charge in [-0.1, -0.05) is 48.0 Å². The number of halogens is 1. The van der Waals surface area contributed by atoms with Crippen LogP contribution in [0.5, 0.6) is 0 Å². The number of hydrogen-bond donors (Lipinski definition) is 2. The van der Waals surface area contributed by atoms with Crippen molar-refractivity contribution in [3.63, 3.8) is 0 Å². The third-order valence-electron chi connectivity index (χ3n) is 3.33. The molecule has 0 aliphatic rings. The molecule has 25 heavy (non-hydrogen) atoms. The average Bonchev–Trinajstić information content (AvgIpc) is 2.66. The molecule has 0 fully saturated rings. The van der Waals surface area contributed by atoms with E-state index in [0.29, 0.717) is 15.8 Å². The van der Waals surface area contributed by atoms with Crippen LogP contribution in [0.3, 0.4) is 0 Å². The second-order valence-corrected chi connectivity index (χ2v) is 5.96. The number of pyridine rings is 1. The Morgan fingerprint density at radius 2 is 1.64 bits per heavy atom. The lowest BCUT2D eigenvalue weighted by molar-refractivity contribution is 1.04. The number of thiocarbonyl (C=S) groups is 1. The van der Waals surface area contributed by atoms with Crippen LogP contribution >= 0.6 is 23.8 Å². The Labute approximate surface area is 156 Å². The standard InChI is InChI=1S/C19H15ClN4S/c20-15-9-11-16(12-10-15)22-19(25)24-23-18(14-6-2-1-3-7-14)17-8-4-5-13-21-17/h1-13H,(H2,22,24,25)/b23-18+. The third-order valence-corrected chi connectivity index (χ3v) is 3.77. The lowest BCUT2D eigenvalue weighted by atomic mass is 10.1. The summed E-state index contributed by atoms with van der Waals surface area (Å²) in [4.78, 5) is 4.38. The van der Waals surface area contributed by atoms with E-state index in [9.17, 15) is 0 Å². The first-order valence-electron chi connectivity index (χ1n) is 7.59. The smallest absolute Gasteiger partial charge is 0.191 e. The van der Waals surface area contributed by atoms with Gasteiger partial charge in [0, 0.05) is 22.5 Å². The maximum Gasteiger partial charge on any atom is 0.191 e. The summed E-state index contributed by atoms with van der Waals surface area (Å²) >= 11 is 11.2. The van der Waals surface area contributed by atoms with Crippen LogP contribution in [0, 0.1) is 0 Å². The van der Waals surface area contributed by atoms with E-state index in [4.69, 9.17) is 23.8 Å². The molecule has 0 atom stereocenters. The number of nitrogens with zero attached hydrogens (tertiary/aromatic N) is 2. The van der Waals surface area contributed by atoms with E-state index in [1.165, 1.54) is 0 Å². The first kappa shape index (κ1) is 17.1. The fourth-order valence-corrected chi connectivity index (χ4v) is 2.46. The molecule has 3 aromatic rings. The van der Waals surface area contributed by atoms with Crippen molar-refractivity contribution in [2.45, 2.75) is 0 Å². The van der Waals surface area contributed by atoms with Crippen LogP contribution in [-0.2, 0) is 0 Å². The fraction of sp³-hybridized carbons (Fsp3) is 0. The lowest BCUT2D eigenvalue weighted by Crippen LogP contribution is -2.25. The minimum atomic E-state index is 0.381. The van der Waals surface area contributed by atoms with Gasteiger partial charge in [0.1, 0.15) is 5.71 Å². The van der Waals surface area contributed by atoms with Crippen molar-refractivity contribution in [3.8, 4) is 0 Å². The third kappa shape index (κ3) is 4.86. The molecule has 124 valence electrons. The zero-order chi connectivity index (χ0) is 17.5. The van der Waals surface area contributed by atoms with Crippen molar-refractivity contribution >= 4 is 40.3 Å². The van der Waals surface area contributed by atoms with Gasteiger partial charge in [-0.05, 0) is 48.6 Å². The first-order chi connectivity index (χ1) is 12.2. The fourth-order valence-electron chi connectivity index (χ4n) is 2.17. The van der Waals surface area contributed by atoms with E-state index < -0.39 is 0 Å². The van der Waals surface area contributed by atoms with Crippen LogP contribution in [-0.4, -0.2) is 15.8 Å². The van der Waals surface area contributed by atoms with Crippen LogP contribution in [0.2, 0.25) is 5.02 Å². The lowest BCUT2D eigenvalue weighted by Gasteiger charge is -2.10. The molecule has 0 unspecified atom stereocenters. The summed E-state index contributed by atoms with van der Waals surface area (Å²) in [5, 5.41) is 8.57. The number of anilines is 1. The number of rotatable bonds is 4. The van der Waals surface area contributed by atoms with Crippen molar-refractivity contribution in [1.82, 2.24) is 10.4 Å². The van der Waals surface area contributed by atoms with Gasteiger partial charge >= 0.3 is 0 Å². The summed E-state index contributed by atoms with van der Waals surface area (Å²) in [7, 11) is 0. The quantitative estimate of drug-likeness (QED) is 0.406. The summed E-state index contributed by atoms with van der Waals surface area (Å²) < 4.78 is 0. The van der Waals surface area contributed by atoms with Gasteiger partial charge in [-0.15, -0.1) is 0 Å². The van der Waals surface area contributed by atoms with Gasteiger partial charge in [-0.3, -0.25) is 10.4 Å². The minimum absolute atomic E-state index is 0.381. The number of benzene rings is 2. The Balaban J connectivity index is 1.79. The molecule has 0 aliphatic carbocycles. The van der Waals surface area contributed by atoms with Crippen molar-refractivity contribution < 1.29 is 0 Å². The molecule has 1 heterocycles. The van der Waals surface area contributed by atoms with Gasteiger partial charge in [0.05, 0.1) is 5.69 Å². The van der Waals surface area contributed by atoms with Gasteiger partial charge < -0.3 is 5.32 Å². The highest BCUT2D eigenvalue weighted by Gasteiger charge is 2.08. The number of hydrogen-bond acceptors (Lipinski definition) is 3. The molecule has 2 N–H and O–H groups in total. The van der Waals surface area contributed by atoms with Crippen LogP contribution in [0.25, 0.3) is 0 Å². The minimum Gasteiger partial charge on any atom is -0.331 e. The second kappa shape index (κ2) is 8.37. The largest absolute Gasteiger partial charge is 0.331 e. The maximum absolute atomic E-state index is 5.88. The van der Waals surface area contributed by atoms with E-state index in [0.717, 1.165) is 16.9 Å². The molecule has 0 aliphatic heterocycles. The monoisotopic (exact) mass is 366 g/mol. The van der Waals surface area contributed by atoms with Crippen molar-refractivity contribution in [2.24, 2.45) is 5.10 Å². The summed E-state index contributed by atoms with van der Waals surface area (Å²) in [6.45, 7) is 0. The summed E-state index contributed by atoms with van der Waals surface area (Å²) in [5.74, 6) is 0. The Kier molecular flexibility index (Phi) is 5.72. The highest BCUT2D eigenvalue weighted by Crippen LogP contribution is 2.13. The van der Waals surface area contributed by atoms with Gasteiger partial charge in [0.25, 0.3) is 0 Å². The van der Waals surface area contributed by atoms with Crippen LogP contribution in [0.4, 0.5) is 5.69 Å². The highest BCUT2D eigenvalue weighted by atomic mass is 35.5. The van der Waals surface area contributed by atoms with Crippen LogP contribution in [0.15, 0.2) is 84.1 Å². The molecule has 6 heteroatoms. The van der Waals surface area contributed by atoms with E-state index in [-0.39, 0.29) is 0 Å². The Morgan fingerprint density at radius 1 is 0.920 bits per heavy atom. The van der Waals surface area contributed by atoms with Gasteiger partial charge in [0.2, 0.25) is 0 Å². The van der Waals surface area contributed by atoms with Crippen LogP contribution in [0.1, 0.15) is 11.3 Å². The van der Waals surface area contributed by atoms with E-state index in [1.807, 2.05) is 60.7 Å². The predicted octanol–water partition coefficient (Wildman–Crippen LogP) is 4.47. The molecule has 4 nitrogen and oxygen atoms in total. The SMILES string of the molecule is S=C(N/N=C(\c1ccccc1)c1ccccn1)Nc1ccc(Cl)cc1. The maximum atomic E-state index is 5.88. The zero-order valence-electron chi connectivity index (χ0n) is 13.2. The molecular formula is C19H15ClN4S. The molecular weight excluding hydrogens is 352 g/mol. The van der Waals surface area contributed by atoms with E-state index in [2.05, 4.69) is 20.8 Å². The molecule has 0 bridgehead atoms. The Morgan fingerprint density at radius 3 is 2.32 bits per heavy atom. The molecule has 0 radical (unpaired) electrons. The molecule has 0 saturated carbocycles. The molecule has 2 aromatic carbocycles. The molecule has 0 amide bonds. The zero-order valence-corrected chi connectivity index (χ0v) is 14.8. The second-order valence-electron chi connectivity index (χ2n) is 5.11. The van der Waals surface area contributed by atoms with Crippen molar-refractivity contribution in [1.29, 1.82) is 0 Å². The Hall–Kier alpha value is -2.76. The molecule has 3 rings (SSSR count). The van der Waals surface area contributed by atoms with E-state index in [1.54, 1.807) is 18.3 Å².